The molecular weight excluding hydrogens is 348 g/mol. The molecule has 0 bridgehead atoms. The summed E-state index contributed by atoms with van der Waals surface area (Å²) < 4.78 is 0.790. The highest BCUT2D eigenvalue weighted by molar-refractivity contribution is 9.10. The van der Waals surface area contributed by atoms with Crippen LogP contribution in [0.1, 0.15) is 12.8 Å². The molecule has 19 heavy (non-hydrogen) atoms. The Bertz CT molecular complexity index is 452. The SMILES string of the molecule is O=C(CSC1CCNCC1)Nc1ccc(Cl)c(Br)c1. The number of amides is 1. The lowest BCUT2D eigenvalue weighted by atomic mass is 10.2. The van der Waals surface area contributed by atoms with Gasteiger partial charge in [0.2, 0.25) is 5.91 Å². The molecule has 1 aliphatic heterocycles. The van der Waals surface area contributed by atoms with E-state index in [-0.39, 0.29) is 5.91 Å². The number of hydrogen-bond acceptors (Lipinski definition) is 3. The van der Waals surface area contributed by atoms with E-state index in [2.05, 4.69) is 26.6 Å². The van der Waals surface area contributed by atoms with Crippen molar-refractivity contribution >= 4 is 50.9 Å². The Balaban J connectivity index is 1.78. The second-order valence-electron chi connectivity index (χ2n) is 4.44. The zero-order valence-corrected chi connectivity index (χ0v) is 13.6. The number of anilines is 1. The Hall–Kier alpha value is -0.230. The van der Waals surface area contributed by atoms with Crippen molar-refractivity contribution in [3.05, 3.63) is 27.7 Å². The van der Waals surface area contributed by atoms with Gasteiger partial charge in [-0.15, -0.1) is 11.8 Å². The minimum absolute atomic E-state index is 0.0396. The molecule has 0 unspecified atom stereocenters. The molecule has 0 aromatic heterocycles. The molecule has 104 valence electrons. The highest BCUT2D eigenvalue weighted by Crippen LogP contribution is 2.26. The molecule has 1 saturated heterocycles. The van der Waals surface area contributed by atoms with Crippen LogP contribution in [0.25, 0.3) is 0 Å². The van der Waals surface area contributed by atoms with Gasteiger partial charge in [0.25, 0.3) is 0 Å². The second-order valence-corrected chi connectivity index (χ2v) is 6.99. The number of halogens is 2. The monoisotopic (exact) mass is 362 g/mol. The van der Waals surface area contributed by atoms with Crippen LogP contribution < -0.4 is 10.6 Å². The van der Waals surface area contributed by atoms with Crippen molar-refractivity contribution in [1.82, 2.24) is 5.32 Å². The zero-order valence-electron chi connectivity index (χ0n) is 10.4. The standard InChI is InChI=1S/C13H16BrClN2OS/c14-11-7-9(1-2-12(11)15)17-13(18)8-19-10-3-5-16-6-4-10/h1-2,7,10,16H,3-6,8H2,(H,17,18). The number of rotatable bonds is 4. The summed E-state index contributed by atoms with van der Waals surface area (Å²) in [6.45, 7) is 2.12. The van der Waals surface area contributed by atoms with Crippen molar-refractivity contribution < 1.29 is 4.79 Å². The summed E-state index contributed by atoms with van der Waals surface area (Å²) in [7, 11) is 0. The smallest absolute Gasteiger partial charge is 0.234 e. The molecule has 0 saturated carbocycles. The third-order valence-corrected chi connectivity index (χ3v) is 5.53. The molecule has 6 heteroatoms. The normalized spacial score (nSPS) is 16.3. The van der Waals surface area contributed by atoms with E-state index in [1.807, 2.05) is 6.07 Å². The van der Waals surface area contributed by atoms with Crippen LogP contribution in [0, 0.1) is 0 Å². The first-order chi connectivity index (χ1) is 9.15. The molecule has 1 amide bonds. The largest absolute Gasteiger partial charge is 0.325 e. The zero-order chi connectivity index (χ0) is 13.7. The number of carbonyl (C=O) groups is 1. The molecule has 0 spiro atoms. The van der Waals surface area contributed by atoms with Crippen LogP contribution in [0.5, 0.6) is 0 Å². The first-order valence-corrected chi connectivity index (χ1v) is 8.44. The molecule has 0 aliphatic carbocycles. The topological polar surface area (TPSA) is 41.1 Å². The van der Waals surface area contributed by atoms with E-state index in [4.69, 9.17) is 11.6 Å². The van der Waals surface area contributed by atoms with E-state index in [0.29, 0.717) is 16.0 Å². The van der Waals surface area contributed by atoms with E-state index in [9.17, 15) is 4.79 Å². The van der Waals surface area contributed by atoms with Gasteiger partial charge in [0.05, 0.1) is 10.8 Å². The lowest BCUT2D eigenvalue weighted by molar-refractivity contribution is -0.113. The maximum Gasteiger partial charge on any atom is 0.234 e. The van der Waals surface area contributed by atoms with Crippen LogP contribution in [0.3, 0.4) is 0 Å². The molecule has 1 fully saturated rings. The summed E-state index contributed by atoms with van der Waals surface area (Å²) in [6, 6.07) is 5.39. The predicted octanol–water partition coefficient (Wildman–Crippen LogP) is 3.53. The Labute approximate surface area is 131 Å². The van der Waals surface area contributed by atoms with Crippen LogP contribution in [0.2, 0.25) is 5.02 Å². The van der Waals surface area contributed by atoms with Gasteiger partial charge in [0.1, 0.15) is 0 Å². The summed E-state index contributed by atoms with van der Waals surface area (Å²) in [5, 5.41) is 7.45. The molecule has 3 nitrogen and oxygen atoms in total. The van der Waals surface area contributed by atoms with Crippen LogP contribution in [-0.2, 0) is 4.79 Å². The summed E-state index contributed by atoms with van der Waals surface area (Å²) in [5.74, 6) is 0.544. The molecule has 0 radical (unpaired) electrons. The van der Waals surface area contributed by atoms with Crippen LogP contribution in [-0.4, -0.2) is 30.0 Å². The van der Waals surface area contributed by atoms with Gasteiger partial charge in [-0.25, -0.2) is 0 Å². The number of benzene rings is 1. The summed E-state index contributed by atoms with van der Waals surface area (Å²) in [4.78, 5) is 11.9. The summed E-state index contributed by atoms with van der Waals surface area (Å²) in [6.07, 6.45) is 2.29. The number of thioether (sulfide) groups is 1. The Morgan fingerprint density at radius 2 is 2.21 bits per heavy atom. The third kappa shape index (κ3) is 4.99. The van der Waals surface area contributed by atoms with Gasteiger partial charge >= 0.3 is 0 Å². The fourth-order valence-electron chi connectivity index (χ4n) is 1.93. The molecule has 2 N–H and O–H groups in total. The van der Waals surface area contributed by atoms with Gasteiger partial charge in [-0.2, -0.15) is 0 Å². The van der Waals surface area contributed by atoms with Crippen molar-refractivity contribution in [2.45, 2.75) is 18.1 Å². The Morgan fingerprint density at radius 1 is 1.47 bits per heavy atom. The molecule has 1 aliphatic rings. The van der Waals surface area contributed by atoms with Crippen molar-refractivity contribution in [2.75, 3.05) is 24.2 Å². The van der Waals surface area contributed by atoms with Crippen molar-refractivity contribution in [3.8, 4) is 0 Å². The fraction of sp³-hybridized carbons (Fsp3) is 0.462. The lowest BCUT2D eigenvalue weighted by Gasteiger charge is -2.21. The second kappa shape index (κ2) is 7.53. The molecule has 1 aromatic carbocycles. The predicted molar refractivity (Wildman–Crippen MR) is 86.1 cm³/mol. The quantitative estimate of drug-likeness (QED) is 0.860. The van der Waals surface area contributed by atoms with Crippen molar-refractivity contribution in [3.63, 3.8) is 0 Å². The summed E-state index contributed by atoms with van der Waals surface area (Å²) >= 11 is 11.0. The van der Waals surface area contributed by atoms with Gasteiger partial charge in [-0.3, -0.25) is 4.79 Å². The first kappa shape index (κ1) is 15.2. The average molecular weight is 364 g/mol. The Morgan fingerprint density at radius 3 is 2.89 bits per heavy atom. The summed E-state index contributed by atoms with van der Waals surface area (Å²) in [5.41, 5.74) is 0.771. The van der Waals surface area contributed by atoms with Crippen molar-refractivity contribution in [1.29, 1.82) is 0 Å². The Kier molecular flexibility index (Phi) is 6.01. The number of piperidine rings is 1. The van der Waals surface area contributed by atoms with E-state index in [1.54, 1.807) is 23.9 Å². The van der Waals surface area contributed by atoms with E-state index >= 15 is 0 Å². The van der Waals surface area contributed by atoms with Crippen LogP contribution in [0.4, 0.5) is 5.69 Å². The number of nitrogens with one attached hydrogen (secondary N) is 2. The first-order valence-electron chi connectivity index (χ1n) is 6.22. The average Bonchev–Trinajstić information content (AvgIpc) is 2.42. The fourth-order valence-corrected chi connectivity index (χ4v) is 3.45. The van der Waals surface area contributed by atoms with Gasteiger partial charge < -0.3 is 10.6 Å². The van der Waals surface area contributed by atoms with Gasteiger partial charge in [0, 0.05) is 15.4 Å². The van der Waals surface area contributed by atoms with E-state index in [1.165, 1.54) is 0 Å². The van der Waals surface area contributed by atoms with Crippen molar-refractivity contribution in [2.24, 2.45) is 0 Å². The molecule has 1 aromatic rings. The van der Waals surface area contributed by atoms with Gasteiger partial charge in [-0.05, 0) is 60.1 Å². The van der Waals surface area contributed by atoms with Gasteiger partial charge in [0.15, 0.2) is 0 Å². The van der Waals surface area contributed by atoms with E-state index < -0.39 is 0 Å². The lowest BCUT2D eigenvalue weighted by Crippen LogP contribution is -2.30. The van der Waals surface area contributed by atoms with Gasteiger partial charge in [-0.1, -0.05) is 11.6 Å². The number of hydrogen-bond donors (Lipinski definition) is 2. The minimum atomic E-state index is 0.0396. The van der Waals surface area contributed by atoms with Crippen LogP contribution >= 0.6 is 39.3 Å². The highest BCUT2D eigenvalue weighted by atomic mass is 79.9. The molecule has 0 atom stereocenters. The minimum Gasteiger partial charge on any atom is -0.325 e. The number of carbonyl (C=O) groups excluding carboxylic acids is 1. The molecule has 2 rings (SSSR count). The molecule has 1 heterocycles. The highest BCUT2D eigenvalue weighted by Gasteiger charge is 2.15. The maximum absolute atomic E-state index is 11.9. The van der Waals surface area contributed by atoms with E-state index in [0.717, 1.165) is 36.1 Å². The third-order valence-electron chi connectivity index (χ3n) is 2.94. The molecular formula is C13H16BrClN2OS. The maximum atomic E-state index is 11.9. The van der Waals surface area contributed by atoms with Crippen LogP contribution in [0.15, 0.2) is 22.7 Å².